The van der Waals surface area contributed by atoms with E-state index in [9.17, 15) is 18.7 Å². The van der Waals surface area contributed by atoms with Gasteiger partial charge in [-0.25, -0.2) is 8.78 Å². The van der Waals surface area contributed by atoms with Gasteiger partial charge in [0, 0.05) is 19.8 Å². The van der Waals surface area contributed by atoms with E-state index >= 15 is 0 Å². The van der Waals surface area contributed by atoms with Gasteiger partial charge < -0.3 is 10.0 Å². The van der Waals surface area contributed by atoms with E-state index in [2.05, 4.69) is 5.10 Å². The van der Waals surface area contributed by atoms with Gasteiger partial charge >= 0.3 is 0 Å². The highest BCUT2D eigenvalue weighted by Crippen LogP contribution is 2.33. The lowest BCUT2D eigenvalue weighted by atomic mass is 10.0. The van der Waals surface area contributed by atoms with Gasteiger partial charge in [-0.05, 0) is 29.7 Å². The molecule has 0 aliphatic carbocycles. The van der Waals surface area contributed by atoms with Crippen molar-refractivity contribution in [2.24, 2.45) is 7.05 Å². The fraction of sp³-hybridized carbons (Fsp3) is 0.375. The van der Waals surface area contributed by atoms with Crippen LogP contribution in [-0.4, -0.2) is 38.3 Å². The zero-order valence-corrected chi connectivity index (χ0v) is 12.6. The highest BCUT2D eigenvalue weighted by Gasteiger charge is 2.35. The van der Waals surface area contributed by atoms with Crippen LogP contribution in [0, 0.1) is 11.6 Å². The average molecular weight is 321 g/mol. The molecule has 0 radical (unpaired) electrons. The Kier molecular flexibility index (Phi) is 4.12. The van der Waals surface area contributed by atoms with Crippen LogP contribution >= 0.6 is 0 Å². The van der Waals surface area contributed by atoms with Gasteiger partial charge in [-0.1, -0.05) is 6.07 Å². The van der Waals surface area contributed by atoms with E-state index in [0.717, 1.165) is 17.7 Å². The smallest absolute Gasteiger partial charge is 0.227 e. The molecule has 0 saturated carbocycles. The predicted octanol–water partition coefficient (Wildman–Crippen LogP) is 1.58. The molecule has 2 heterocycles. The van der Waals surface area contributed by atoms with Crippen LogP contribution in [0.5, 0.6) is 0 Å². The summed E-state index contributed by atoms with van der Waals surface area (Å²) in [5, 5.41) is 13.9. The van der Waals surface area contributed by atoms with E-state index in [1.54, 1.807) is 24.1 Å². The summed E-state index contributed by atoms with van der Waals surface area (Å²) in [7, 11) is 1.76. The molecule has 1 amide bonds. The third-order valence-electron chi connectivity index (χ3n) is 4.04. The van der Waals surface area contributed by atoms with Crippen LogP contribution in [0.15, 0.2) is 30.6 Å². The van der Waals surface area contributed by atoms with E-state index in [1.165, 1.54) is 11.0 Å². The summed E-state index contributed by atoms with van der Waals surface area (Å²) in [6.45, 7) is 0.183. The lowest BCUT2D eigenvalue weighted by molar-refractivity contribution is -0.131. The number of nitrogens with zero attached hydrogens (tertiary/aromatic N) is 3. The van der Waals surface area contributed by atoms with Gasteiger partial charge in [0.15, 0.2) is 11.6 Å². The minimum atomic E-state index is -0.955. The first kappa shape index (κ1) is 15.6. The maximum atomic E-state index is 13.5. The molecule has 122 valence electrons. The van der Waals surface area contributed by atoms with Crippen LogP contribution in [-0.2, 0) is 18.3 Å². The maximum absolute atomic E-state index is 13.5. The molecular weight excluding hydrogens is 304 g/mol. The molecule has 1 aromatic heterocycles. The van der Waals surface area contributed by atoms with Crippen molar-refractivity contribution in [3.05, 3.63) is 53.4 Å². The molecule has 1 N–H and O–H groups in total. The Morgan fingerprint density at radius 2 is 2.17 bits per heavy atom. The maximum Gasteiger partial charge on any atom is 0.227 e. The number of aliphatic hydroxyl groups is 1. The van der Waals surface area contributed by atoms with E-state index in [4.69, 9.17) is 0 Å². The van der Waals surface area contributed by atoms with Crippen molar-refractivity contribution in [3.8, 4) is 0 Å². The summed E-state index contributed by atoms with van der Waals surface area (Å²) >= 11 is 0. The van der Waals surface area contributed by atoms with Crippen LogP contribution in [0.25, 0.3) is 0 Å². The number of aryl methyl sites for hydroxylation is 1. The number of rotatable bonds is 3. The Balaban J connectivity index is 1.81. The normalized spacial score (nSPS) is 21.0. The molecule has 2 atom stereocenters. The summed E-state index contributed by atoms with van der Waals surface area (Å²) in [4.78, 5) is 14.0. The number of hydrogen-bond donors (Lipinski definition) is 1. The molecule has 1 saturated heterocycles. The Labute approximate surface area is 132 Å². The monoisotopic (exact) mass is 321 g/mol. The molecular formula is C16H17F2N3O2. The van der Waals surface area contributed by atoms with Crippen molar-refractivity contribution in [1.82, 2.24) is 14.7 Å². The van der Waals surface area contributed by atoms with Gasteiger partial charge in [-0.3, -0.25) is 9.48 Å². The minimum Gasteiger partial charge on any atom is -0.391 e. The van der Waals surface area contributed by atoms with Crippen molar-refractivity contribution in [3.63, 3.8) is 0 Å². The van der Waals surface area contributed by atoms with Crippen LogP contribution in [0.4, 0.5) is 8.78 Å². The number of aromatic nitrogens is 2. The quantitative estimate of drug-likeness (QED) is 0.934. The molecule has 1 aliphatic rings. The van der Waals surface area contributed by atoms with Gasteiger partial charge in [-0.15, -0.1) is 0 Å². The van der Waals surface area contributed by atoms with Crippen molar-refractivity contribution < 1.29 is 18.7 Å². The standard InChI is InChI=1S/C16H17F2N3O2/c1-20-8-10(7-19-20)4-16(23)21-9-12(22)6-15(21)11-2-3-13(17)14(18)5-11/h2-3,5,7-8,12,15,22H,4,6,9H2,1H3/t12-,15-/m0/s1. The SMILES string of the molecule is Cn1cc(CC(=O)N2C[C@@H](O)C[C@H]2c2ccc(F)c(F)c2)cn1. The van der Waals surface area contributed by atoms with Crippen LogP contribution < -0.4 is 0 Å². The lowest BCUT2D eigenvalue weighted by Crippen LogP contribution is -2.33. The number of β-amino-alcohol motifs (C(OH)–C–C–N with tert-alkyl or cyclic N) is 1. The van der Waals surface area contributed by atoms with Crippen LogP contribution in [0.3, 0.4) is 0 Å². The Hall–Kier alpha value is -2.28. The first-order valence-corrected chi connectivity index (χ1v) is 7.34. The summed E-state index contributed by atoms with van der Waals surface area (Å²) in [5.74, 6) is -2.06. The first-order valence-electron chi connectivity index (χ1n) is 7.34. The highest BCUT2D eigenvalue weighted by molar-refractivity contribution is 5.79. The zero-order valence-electron chi connectivity index (χ0n) is 12.6. The van der Waals surface area contributed by atoms with Crippen molar-refractivity contribution >= 4 is 5.91 Å². The molecule has 0 bridgehead atoms. The molecule has 1 aliphatic heterocycles. The number of amides is 1. The van der Waals surface area contributed by atoms with Gasteiger partial charge in [0.2, 0.25) is 5.91 Å². The van der Waals surface area contributed by atoms with Gasteiger partial charge in [0.1, 0.15) is 0 Å². The molecule has 0 spiro atoms. The van der Waals surface area contributed by atoms with Crippen molar-refractivity contribution in [1.29, 1.82) is 0 Å². The van der Waals surface area contributed by atoms with Crippen molar-refractivity contribution in [2.45, 2.75) is 25.0 Å². The van der Waals surface area contributed by atoms with Gasteiger partial charge in [0.25, 0.3) is 0 Å². The van der Waals surface area contributed by atoms with Crippen LogP contribution in [0.2, 0.25) is 0 Å². The topological polar surface area (TPSA) is 58.4 Å². The Morgan fingerprint density at radius 3 is 2.83 bits per heavy atom. The minimum absolute atomic E-state index is 0.154. The average Bonchev–Trinajstić information content (AvgIpc) is 3.08. The largest absolute Gasteiger partial charge is 0.391 e. The summed E-state index contributed by atoms with van der Waals surface area (Å²) in [5.41, 5.74) is 1.25. The van der Waals surface area contributed by atoms with E-state index in [0.29, 0.717) is 12.0 Å². The lowest BCUT2D eigenvalue weighted by Gasteiger charge is -2.24. The number of benzene rings is 1. The number of carbonyl (C=O) groups excluding carboxylic acids is 1. The van der Waals surface area contributed by atoms with Gasteiger partial charge in [-0.2, -0.15) is 5.10 Å². The van der Waals surface area contributed by atoms with Crippen LogP contribution in [0.1, 0.15) is 23.6 Å². The first-order chi connectivity index (χ1) is 10.9. The molecule has 1 fully saturated rings. The highest BCUT2D eigenvalue weighted by atomic mass is 19.2. The second kappa shape index (κ2) is 6.08. The summed E-state index contributed by atoms with van der Waals surface area (Å²) in [6, 6.07) is 3.12. The fourth-order valence-electron chi connectivity index (χ4n) is 2.96. The van der Waals surface area contributed by atoms with E-state index < -0.39 is 23.8 Å². The number of carbonyl (C=O) groups is 1. The van der Waals surface area contributed by atoms with Crippen molar-refractivity contribution in [2.75, 3.05) is 6.54 Å². The molecule has 1 aromatic carbocycles. The number of likely N-dealkylation sites (tertiary alicyclic amines) is 1. The second-order valence-electron chi connectivity index (χ2n) is 5.82. The number of hydrogen-bond acceptors (Lipinski definition) is 3. The molecule has 7 heteroatoms. The Bertz CT molecular complexity index is 732. The zero-order chi connectivity index (χ0) is 16.6. The fourth-order valence-corrected chi connectivity index (χ4v) is 2.96. The number of halogens is 2. The predicted molar refractivity (Wildman–Crippen MR) is 78.3 cm³/mol. The molecule has 0 unspecified atom stereocenters. The molecule has 3 rings (SSSR count). The summed E-state index contributed by atoms with van der Waals surface area (Å²) < 4.78 is 28.2. The third-order valence-corrected chi connectivity index (χ3v) is 4.04. The molecule has 23 heavy (non-hydrogen) atoms. The second-order valence-corrected chi connectivity index (χ2v) is 5.82. The molecule has 5 nitrogen and oxygen atoms in total. The number of aliphatic hydroxyl groups excluding tert-OH is 1. The van der Waals surface area contributed by atoms with Gasteiger partial charge in [0.05, 0.1) is 24.8 Å². The van der Waals surface area contributed by atoms with E-state index in [-0.39, 0.29) is 18.9 Å². The van der Waals surface area contributed by atoms with E-state index in [1.807, 2.05) is 0 Å². The molecule has 2 aromatic rings. The summed E-state index contributed by atoms with van der Waals surface area (Å²) in [6.07, 6.45) is 3.14. The third kappa shape index (κ3) is 3.24. The Morgan fingerprint density at radius 1 is 1.39 bits per heavy atom.